The molecule has 106 valence electrons. The number of nitrogens with one attached hydrogen (secondary N) is 1. The van der Waals surface area contributed by atoms with Crippen molar-refractivity contribution in [1.29, 1.82) is 5.26 Å². The summed E-state index contributed by atoms with van der Waals surface area (Å²) in [7, 11) is 0. The van der Waals surface area contributed by atoms with E-state index >= 15 is 0 Å². The summed E-state index contributed by atoms with van der Waals surface area (Å²) in [5.41, 5.74) is 11.1. The van der Waals surface area contributed by atoms with Crippen LogP contribution in [-0.4, -0.2) is 29.7 Å². The van der Waals surface area contributed by atoms with E-state index in [1.807, 2.05) is 6.08 Å². The van der Waals surface area contributed by atoms with Gasteiger partial charge in [0.15, 0.2) is 0 Å². The van der Waals surface area contributed by atoms with Gasteiger partial charge in [-0.05, 0) is 18.9 Å². The molecule has 0 aromatic heterocycles. The molecule has 3 N–H and O–H groups in total. The van der Waals surface area contributed by atoms with E-state index in [1.54, 1.807) is 12.4 Å². The molecule has 2 heterocycles. The summed E-state index contributed by atoms with van der Waals surface area (Å²) in [6.07, 6.45) is 8.20. The highest BCUT2D eigenvalue weighted by Crippen LogP contribution is 2.30. The Morgan fingerprint density at radius 2 is 2.45 bits per heavy atom. The third kappa shape index (κ3) is 2.91. The van der Waals surface area contributed by atoms with Crippen LogP contribution in [-0.2, 0) is 0 Å². The summed E-state index contributed by atoms with van der Waals surface area (Å²) in [5.74, 6) is 0. The molecule has 2 aliphatic heterocycles. The second-order valence-corrected chi connectivity index (χ2v) is 5.39. The van der Waals surface area contributed by atoms with Crippen molar-refractivity contribution in [2.45, 2.75) is 31.7 Å². The zero-order chi connectivity index (χ0) is 14.6. The minimum Gasteiger partial charge on any atom is -0.369 e. The van der Waals surface area contributed by atoms with Gasteiger partial charge >= 0.3 is 0 Å². The molecule has 0 aromatic carbocycles. The van der Waals surface area contributed by atoms with E-state index < -0.39 is 0 Å². The molecule has 5 heteroatoms. The van der Waals surface area contributed by atoms with Crippen LogP contribution in [0.5, 0.6) is 0 Å². The highest BCUT2D eigenvalue weighted by Gasteiger charge is 2.35. The Labute approximate surface area is 120 Å². The van der Waals surface area contributed by atoms with Gasteiger partial charge in [-0.3, -0.25) is 5.43 Å². The SMILES string of the molecule is C=C1/C(C#N)=C\N/N=C\C=C/1N1CCC(N)(CCC)C1. The molecular weight excluding hydrogens is 250 g/mol. The molecule has 1 fully saturated rings. The zero-order valence-corrected chi connectivity index (χ0v) is 11.9. The standard InChI is InChI=1S/C15H21N5/c1-3-5-15(17)6-8-20(11-15)14-4-7-18-19-10-13(9-16)12(14)2/h4,7,10,19H,2-3,5-6,8,11,17H2,1H3/b13-10-,14-4+,18-7-. The van der Waals surface area contributed by atoms with E-state index in [4.69, 9.17) is 5.73 Å². The molecule has 0 aromatic rings. The maximum atomic E-state index is 9.18. The molecule has 0 saturated carbocycles. The predicted molar refractivity (Wildman–Crippen MR) is 80.6 cm³/mol. The Bertz CT molecular complexity index is 523. The van der Waals surface area contributed by atoms with Gasteiger partial charge in [0.05, 0.1) is 5.57 Å². The Balaban J connectivity index is 2.22. The van der Waals surface area contributed by atoms with Gasteiger partial charge in [0.1, 0.15) is 6.07 Å². The summed E-state index contributed by atoms with van der Waals surface area (Å²) in [4.78, 5) is 2.21. The van der Waals surface area contributed by atoms with Crippen molar-refractivity contribution in [3.63, 3.8) is 0 Å². The highest BCUT2D eigenvalue weighted by molar-refractivity contribution is 5.75. The first-order chi connectivity index (χ1) is 9.59. The molecule has 2 rings (SSSR count). The first kappa shape index (κ1) is 14.4. The fourth-order valence-electron chi connectivity index (χ4n) is 2.78. The summed E-state index contributed by atoms with van der Waals surface area (Å²) in [6, 6.07) is 2.15. The Hall–Kier alpha value is -2.06. The Morgan fingerprint density at radius 3 is 3.15 bits per heavy atom. The molecular formula is C15H21N5. The summed E-state index contributed by atoms with van der Waals surface area (Å²) in [5, 5.41) is 13.2. The molecule has 0 aliphatic carbocycles. The van der Waals surface area contributed by atoms with Crippen molar-refractivity contribution >= 4 is 6.21 Å². The molecule has 5 nitrogen and oxygen atoms in total. The number of hydrogen-bond donors (Lipinski definition) is 2. The van der Waals surface area contributed by atoms with E-state index in [0.717, 1.165) is 38.0 Å². The van der Waals surface area contributed by atoms with Gasteiger partial charge in [-0.15, -0.1) is 0 Å². The van der Waals surface area contributed by atoms with Crippen molar-refractivity contribution in [3.8, 4) is 6.07 Å². The first-order valence-electron chi connectivity index (χ1n) is 6.92. The lowest BCUT2D eigenvalue weighted by Crippen LogP contribution is -2.42. The van der Waals surface area contributed by atoms with Gasteiger partial charge in [0.25, 0.3) is 0 Å². The van der Waals surface area contributed by atoms with Crippen LogP contribution in [0.1, 0.15) is 26.2 Å². The number of nitrogens with two attached hydrogens (primary N) is 1. The summed E-state index contributed by atoms with van der Waals surface area (Å²) in [6.45, 7) is 7.89. The van der Waals surface area contributed by atoms with Crippen molar-refractivity contribution in [2.24, 2.45) is 10.8 Å². The number of hydrazone groups is 1. The van der Waals surface area contributed by atoms with Crippen LogP contribution in [0.3, 0.4) is 0 Å². The van der Waals surface area contributed by atoms with Gasteiger partial charge in [0.2, 0.25) is 0 Å². The minimum absolute atomic E-state index is 0.135. The fourth-order valence-corrected chi connectivity index (χ4v) is 2.78. The van der Waals surface area contributed by atoms with Gasteiger partial charge in [-0.2, -0.15) is 10.4 Å². The number of likely N-dealkylation sites (tertiary alicyclic amines) is 1. The number of nitriles is 1. The second kappa shape index (κ2) is 5.93. The topological polar surface area (TPSA) is 77.4 Å². The van der Waals surface area contributed by atoms with E-state index in [0.29, 0.717) is 11.1 Å². The Morgan fingerprint density at radius 1 is 1.65 bits per heavy atom. The van der Waals surface area contributed by atoms with Crippen LogP contribution in [0, 0.1) is 11.3 Å². The lowest BCUT2D eigenvalue weighted by Gasteiger charge is -2.27. The molecule has 0 bridgehead atoms. The number of hydrogen-bond acceptors (Lipinski definition) is 5. The van der Waals surface area contributed by atoms with Crippen LogP contribution in [0.2, 0.25) is 0 Å². The van der Waals surface area contributed by atoms with Crippen LogP contribution in [0.25, 0.3) is 0 Å². The molecule has 1 saturated heterocycles. The molecule has 0 amide bonds. The average Bonchev–Trinajstić information content (AvgIpc) is 2.77. The Kier molecular flexibility index (Phi) is 4.26. The maximum absolute atomic E-state index is 9.18. The van der Waals surface area contributed by atoms with Gasteiger partial charge in [-0.25, -0.2) is 0 Å². The molecule has 1 unspecified atom stereocenters. The van der Waals surface area contributed by atoms with E-state index in [2.05, 4.69) is 35.0 Å². The van der Waals surface area contributed by atoms with Crippen molar-refractivity contribution in [3.05, 3.63) is 35.7 Å². The van der Waals surface area contributed by atoms with Crippen molar-refractivity contribution < 1.29 is 0 Å². The van der Waals surface area contributed by atoms with Crippen LogP contribution < -0.4 is 11.2 Å². The molecule has 0 radical (unpaired) electrons. The van der Waals surface area contributed by atoms with E-state index in [9.17, 15) is 5.26 Å². The number of allylic oxidation sites excluding steroid dienone is 2. The van der Waals surface area contributed by atoms with Crippen molar-refractivity contribution in [1.82, 2.24) is 10.3 Å². The zero-order valence-electron chi connectivity index (χ0n) is 11.9. The third-order valence-electron chi connectivity index (χ3n) is 3.82. The maximum Gasteiger partial charge on any atom is 0.101 e. The smallest absolute Gasteiger partial charge is 0.101 e. The van der Waals surface area contributed by atoms with Gasteiger partial charge in [-0.1, -0.05) is 19.9 Å². The average molecular weight is 271 g/mol. The number of nitrogens with zero attached hydrogens (tertiary/aromatic N) is 3. The lowest BCUT2D eigenvalue weighted by molar-refractivity contribution is 0.362. The fraction of sp³-hybridized carbons (Fsp3) is 0.467. The highest BCUT2D eigenvalue weighted by atomic mass is 15.3. The summed E-state index contributed by atoms with van der Waals surface area (Å²) < 4.78 is 0. The molecule has 1 atom stereocenters. The molecule has 0 spiro atoms. The van der Waals surface area contributed by atoms with Crippen LogP contribution >= 0.6 is 0 Å². The summed E-state index contributed by atoms with van der Waals surface area (Å²) >= 11 is 0. The molecule has 20 heavy (non-hydrogen) atoms. The van der Waals surface area contributed by atoms with Gasteiger partial charge in [0, 0.05) is 42.3 Å². The van der Waals surface area contributed by atoms with E-state index in [1.165, 1.54) is 0 Å². The van der Waals surface area contributed by atoms with Crippen LogP contribution in [0.15, 0.2) is 40.8 Å². The first-order valence-corrected chi connectivity index (χ1v) is 6.92. The quantitative estimate of drug-likeness (QED) is 0.818. The van der Waals surface area contributed by atoms with Gasteiger partial charge < -0.3 is 10.6 Å². The van der Waals surface area contributed by atoms with Crippen molar-refractivity contribution in [2.75, 3.05) is 13.1 Å². The molecule has 2 aliphatic rings. The lowest BCUT2D eigenvalue weighted by atomic mass is 9.94. The van der Waals surface area contributed by atoms with E-state index in [-0.39, 0.29) is 5.54 Å². The van der Waals surface area contributed by atoms with Crippen LogP contribution in [0.4, 0.5) is 0 Å². The normalized spacial score (nSPS) is 33.0. The second-order valence-electron chi connectivity index (χ2n) is 5.39. The predicted octanol–water partition coefficient (Wildman–Crippen LogP) is 1.63. The monoisotopic (exact) mass is 271 g/mol. The largest absolute Gasteiger partial charge is 0.369 e. The minimum atomic E-state index is -0.135. The third-order valence-corrected chi connectivity index (χ3v) is 3.82. The number of rotatable bonds is 3.